The number of ether oxygens (including phenoxy) is 3. The second kappa shape index (κ2) is 24.9. The molecule has 13 rings (SSSR count). The molecule has 7 saturated heterocycles. The number of aryl methyl sites for hydroxylation is 2. The van der Waals surface area contributed by atoms with E-state index in [1.807, 2.05) is 37.1 Å². The third kappa shape index (κ3) is 11.4. The number of pyridine rings is 1. The second-order valence-electron chi connectivity index (χ2n) is 28.2. The van der Waals surface area contributed by atoms with Gasteiger partial charge in [0, 0.05) is 75.8 Å². The monoisotopic (exact) mass is 1250 g/mol. The summed E-state index contributed by atoms with van der Waals surface area (Å²) in [6.07, 6.45) is 12.1. The van der Waals surface area contributed by atoms with Crippen LogP contribution in [-0.2, 0) is 32.5 Å². The molecular formula is C69H89F3N10O7Si. The van der Waals surface area contributed by atoms with Crippen LogP contribution in [0, 0.1) is 23.4 Å². The van der Waals surface area contributed by atoms with Gasteiger partial charge in [0.05, 0.1) is 40.3 Å². The fourth-order valence-electron chi connectivity index (χ4n) is 17.3. The Kier molecular flexibility index (Phi) is 17.3. The van der Waals surface area contributed by atoms with Crippen LogP contribution in [0.5, 0.6) is 11.8 Å². The van der Waals surface area contributed by atoms with Gasteiger partial charge in [-0.15, -0.1) is 0 Å². The highest BCUT2D eigenvalue weighted by atomic mass is 28.4. The van der Waals surface area contributed by atoms with Crippen molar-refractivity contribution in [1.82, 2.24) is 44.7 Å². The number of hydrogen-bond acceptors (Lipinski definition) is 14. The first-order valence-electron chi connectivity index (χ1n) is 33.5. The lowest BCUT2D eigenvalue weighted by Crippen LogP contribution is -2.56. The molecule has 0 aliphatic carbocycles. The zero-order valence-electron chi connectivity index (χ0n) is 53.8. The molecular weight excluding hydrogens is 1170 g/mol. The molecule has 1 N–H and O–H groups in total. The highest BCUT2D eigenvalue weighted by Crippen LogP contribution is 2.48. The molecule has 0 radical (unpaired) electrons. The van der Waals surface area contributed by atoms with Crippen molar-refractivity contribution < 1.29 is 46.2 Å². The minimum atomic E-state index is -2.48. The third-order valence-electron chi connectivity index (χ3n) is 22.1. The summed E-state index contributed by atoms with van der Waals surface area (Å²) in [6.45, 7) is 22.6. The van der Waals surface area contributed by atoms with Crippen LogP contribution in [0.4, 0.5) is 23.8 Å². The van der Waals surface area contributed by atoms with E-state index >= 15 is 13.2 Å². The van der Waals surface area contributed by atoms with Crippen LogP contribution >= 0.6 is 0 Å². The molecule has 0 saturated carbocycles. The van der Waals surface area contributed by atoms with Gasteiger partial charge in [-0.3, -0.25) is 29.5 Å². The maximum absolute atomic E-state index is 18.1. The summed E-state index contributed by atoms with van der Waals surface area (Å²) in [4.78, 5) is 62.2. The van der Waals surface area contributed by atoms with Crippen LogP contribution < -0.4 is 19.4 Å². The molecule has 7 aliphatic rings. The summed E-state index contributed by atoms with van der Waals surface area (Å²) in [6, 6.07) is 10.6. The Hall–Kier alpha value is -6.42. The van der Waals surface area contributed by atoms with Crippen molar-refractivity contribution in [1.29, 1.82) is 0 Å². The number of fused-ring (bicyclic) bond motifs is 4. The molecule has 482 valence electrons. The van der Waals surface area contributed by atoms with E-state index in [1.54, 1.807) is 16.9 Å². The number of benzene rings is 3. The van der Waals surface area contributed by atoms with Crippen molar-refractivity contribution in [2.75, 3.05) is 77.1 Å². The number of nitrogens with zero attached hydrogens (tertiary/aromatic N) is 9. The summed E-state index contributed by atoms with van der Waals surface area (Å²) >= 11 is 0. The van der Waals surface area contributed by atoms with E-state index in [1.165, 1.54) is 12.1 Å². The van der Waals surface area contributed by atoms with Gasteiger partial charge in [0.1, 0.15) is 47.6 Å². The van der Waals surface area contributed by atoms with Gasteiger partial charge in [-0.25, -0.2) is 18.0 Å². The number of rotatable bonds is 17. The topological polar surface area (TPSA) is 170 Å². The van der Waals surface area contributed by atoms with E-state index in [-0.39, 0.29) is 106 Å². The number of piperidine rings is 4. The molecule has 4 atom stereocenters. The lowest BCUT2D eigenvalue weighted by molar-refractivity contribution is -0.151. The quantitative estimate of drug-likeness (QED) is 0.0676. The number of imide groups is 1. The van der Waals surface area contributed by atoms with Crippen molar-refractivity contribution in [3.05, 3.63) is 76.9 Å². The van der Waals surface area contributed by atoms with E-state index in [4.69, 9.17) is 33.6 Å². The minimum Gasteiger partial charge on any atom is -0.543 e. The Morgan fingerprint density at radius 3 is 2.31 bits per heavy atom. The molecule has 3 aromatic heterocycles. The number of aromatic nitrogens is 5. The van der Waals surface area contributed by atoms with Crippen molar-refractivity contribution in [2.24, 2.45) is 13.0 Å². The number of amides is 3. The number of carbonyl (C=O) groups excluding carboxylic acids is 3. The van der Waals surface area contributed by atoms with Gasteiger partial charge in [0.25, 0.3) is 8.32 Å². The number of carbonyl (C=O) groups is 3. The normalized spacial score (nSPS) is 24.2. The van der Waals surface area contributed by atoms with Crippen LogP contribution in [0.2, 0.25) is 16.6 Å². The van der Waals surface area contributed by atoms with Gasteiger partial charge in [0.2, 0.25) is 11.8 Å². The van der Waals surface area contributed by atoms with Crippen molar-refractivity contribution in [3.8, 4) is 23.0 Å². The summed E-state index contributed by atoms with van der Waals surface area (Å²) in [7, 11) is -0.666. The van der Waals surface area contributed by atoms with Crippen LogP contribution in [-0.4, -0.2) is 155 Å². The highest BCUT2D eigenvalue weighted by molar-refractivity contribution is 6.78. The molecule has 3 aromatic carbocycles. The standard InChI is InChI=1S/C69H89F3N10O7Si/c1-9-49-55(70)14-12-46-32-48(89-90(41(2)3,42(4)5)43(6)7)33-53(59(46)49)62-60(72)63-54(36-73-62)64(81-25-11-22-69(39-81)24-31-88-69)76-66(75-63)87-40-68-21-10-26-82(68)47(16-23-68)38-86-67(85)80-29-17-44(18-30-80)37-79-27-19-45(20-28-79)51-35-57-52(34-56(51)71)61(77-78(57)8)50-13-15-58(83)74-65(50)84/h12,14,32-36,41-45,47,50H,9-11,13,15-31,37-40H2,1-8H3,(H,74,83,84)/t47-,50?,68-,69-/m0/s1. The molecule has 90 heavy (non-hydrogen) atoms. The number of anilines is 1. The first-order chi connectivity index (χ1) is 43.3. The molecule has 7 aliphatic heterocycles. The summed E-state index contributed by atoms with van der Waals surface area (Å²) in [5.74, 6) is -0.867. The summed E-state index contributed by atoms with van der Waals surface area (Å²) in [5, 5.41) is 9.47. The Morgan fingerprint density at radius 1 is 0.844 bits per heavy atom. The van der Waals surface area contributed by atoms with E-state index in [9.17, 15) is 14.4 Å². The zero-order chi connectivity index (χ0) is 63.0. The van der Waals surface area contributed by atoms with Crippen LogP contribution in [0.15, 0.2) is 42.6 Å². The zero-order valence-corrected chi connectivity index (χ0v) is 54.8. The average molecular weight is 1260 g/mol. The predicted octanol–water partition coefficient (Wildman–Crippen LogP) is 12.6. The van der Waals surface area contributed by atoms with Gasteiger partial charge in [0.15, 0.2) is 5.82 Å². The lowest BCUT2D eigenvalue weighted by atomic mass is 9.86. The summed E-state index contributed by atoms with van der Waals surface area (Å²) < 4.78 is 78.1. The maximum atomic E-state index is 18.1. The molecule has 1 unspecified atom stereocenters. The lowest BCUT2D eigenvalue weighted by Gasteiger charge is -2.48. The van der Waals surface area contributed by atoms with Crippen LogP contribution in [0.25, 0.3) is 43.8 Å². The molecule has 6 aromatic rings. The van der Waals surface area contributed by atoms with Crippen molar-refractivity contribution >= 4 is 64.6 Å². The van der Waals surface area contributed by atoms with Crippen molar-refractivity contribution in [2.45, 2.75) is 184 Å². The molecule has 17 nitrogen and oxygen atoms in total. The number of hydrogen-bond donors (Lipinski definition) is 1. The SMILES string of the molecule is CCc1c(F)ccc2cc(O[Si](C(C)C)(C(C)C)C(C)C)cc(-c3ncc4c(N5CCC[C@]6(CCO6)C5)nc(OC[C@@]56CCCN5[C@H](COC(=O)N5CCC(CN7CCC(c8cc9c(cc8F)c(C8CCC(=O)NC8=O)nn9C)CC7)CC5)CC6)nc4c3F)c12. The molecule has 7 fully saturated rings. The molecule has 1 spiro atoms. The van der Waals surface area contributed by atoms with Gasteiger partial charge >= 0.3 is 12.1 Å². The minimum absolute atomic E-state index is 0.0170. The average Bonchev–Trinajstić information content (AvgIpc) is 1.08. The molecule has 0 bridgehead atoms. The second-order valence-corrected chi connectivity index (χ2v) is 33.6. The predicted molar refractivity (Wildman–Crippen MR) is 343 cm³/mol. The van der Waals surface area contributed by atoms with Gasteiger partial charge in [-0.05, 0) is 177 Å². The first kappa shape index (κ1) is 62.4. The number of likely N-dealkylation sites (tertiary alicyclic amines) is 2. The van der Waals surface area contributed by atoms with E-state index in [0.29, 0.717) is 102 Å². The maximum Gasteiger partial charge on any atom is 0.409 e. The van der Waals surface area contributed by atoms with Gasteiger partial charge in [-0.1, -0.05) is 54.5 Å². The van der Waals surface area contributed by atoms with Gasteiger partial charge in [-0.2, -0.15) is 15.1 Å². The largest absolute Gasteiger partial charge is 0.543 e. The number of nitrogens with one attached hydrogen (secondary N) is 1. The Morgan fingerprint density at radius 2 is 1.60 bits per heavy atom. The fourth-order valence-corrected chi connectivity index (χ4v) is 22.6. The third-order valence-corrected chi connectivity index (χ3v) is 28.1. The number of halogens is 3. The first-order valence-corrected chi connectivity index (χ1v) is 35.6. The van der Waals surface area contributed by atoms with E-state index < -0.39 is 20.1 Å². The summed E-state index contributed by atoms with van der Waals surface area (Å²) in [5.41, 5.74) is 3.28. The molecule has 10 heterocycles. The van der Waals surface area contributed by atoms with Crippen molar-refractivity contribution in [3.63, 3.8) is 0 Å². The van der Waals surface area contributed by atoms with E-state index in [0.717, 1.165) is 108 Å². The molecule has 21 heteroatoms. The Bertz CT molecular complexity index is 3710. The van der Waals surface area contributed by atoms with Gasteiger partial charge < -0.3 is 33.3 Å². The highest BCUT2D eigenvalue weighted by Gasteiger charge is 2.51. The fraction of sp³-hybridized carbons (Fsp3) is 0.609. The Balaban J connectivity index is 0.667. The van der Waals surface area contributed by atoms with Crippen LogP contribution in [0.3, 0.4) is 0 Å². The van der Waals surface area contributed by atoms with Crippen LogP contribution in [0.1, 0.15) is 161 Å². The molecule has 3 amide bonds. The van der Waals surface area contributed by atoms with E-state index in [2.05, 4.69) is 66.7 Å². The Labute approximate surface area is 527 Å². The smallest absolute Gasteiger partial charge is 0.409 e.